The second-order valence-electron chi connectivity index (χ2n) is 6.64. The zero-order chi connectivity index (χ0) is 22.1. The summed E-state index contributed by atoms with van der Waals surface area (Å²) in [5.74, 6) is -1.15. The summed E-state index contributed by atoms with van der Waals surface area (Å²) in [5, 5.41) is 28.8. The van der Waals surface area contributed by atoms with Crippen LogP contribution in [-0.2, 0) is 0 Å². The van der Waals surface area contributed by atoms with Crippen LogP contribution >= 0.6 is 0 Å². The molecule has 0 aliphatic heterocycles. The Morgan fingerprint density at radius 1 is 0.968 bits per heavy atom. The molecule has 1 aromatic heterocycles. The summed E-state index contributed by atoms with van der Waals surface area (Å²) in [5.41, 5.74) is 7.02. The van der Waals surface area contributed by atoms with Gasteiger partial charge in [0.1, 0.15) is 23.1 Å². The average Bonchev–Trinajstić information content (AvgIpc) is 3.20. The molecule has 0 unspecified atom stereocenters. The summed E-state index contributed by atoms with van der Waals surface area (Å²) in [4.78, 5) is 12.0. The Morgan fingerprint density at radius 2 is 1.61 bits per heavy atom. The van der Waals surface area contributed by atoms with Crippen LogP contribution < -0.4 is 10.5 Å². The first-order chi connectivity index (χ1) is 14.9. The van der Waals surface area contributed by atoms with Crippen molar-refractivity contribution in [2.75, 3.05) is 7.11 Å². The Hall–Kier alpha value is -4.40. The van der Waals surface area contributed by atoms with E-state index in [1.807, 2.05) is 0 Å². The van der Waals surface area contributed by atoms with Crippen LogP contribution in [0.15, 0.2) is 60.7 Å². The highest BCUT2D eigenvalue weighted by Crippen LogP contribution is 2.40. The first kappa shape index (κ1) is 19.9. The van der Waals surface area contributed by atoms with E-state index in [-0.39, 0.29) is 28.7 Å². The molecule has 0 fully saturated rings. The van der Waals surface area contributed by atoms with E-state index in [0.29, 0.717) is 22.6 Å². The van der Waals surface area contributed by atoms with Gasteiger partial charge in [0.15, 0.2) is 5.82 Å². The van der Waals surface area contributed by atoms with Crippen molar-refractivity contribution in [3.8, 4) is 45.5 Å². The Morgan fingerprint density at radius 3 is 2.23 bits per heavy atom. The highest BCUT2D eigenvalue weighted by Gasteiger charge is 2.23. The summed E-state index contributed by atoms with van der Waals surface area (Å²) < 4.78 is 19.9. The number of benzene rings is 3. The molecule has 0 aliphatic rings. The summed E-state index contributed by atoms with van der Waals surface area (Å²) >= 11 is 0. The number of nitrogens with zero attached hydrogens (tertiary/aromatic N) is 3. The van der Waals surface area contributed by atoms with Crippen molar-refractivity contribution in [1.29, 1.82) is 0 Å². The van der Waals surface area contributed by atoms with Crippen LogP contribution in [0.3, 0.4) is 0 Å². The van der Waals surface area contributed by atoms with Gasteiger partial charge in [-0.05, 0) is 48.0 Å². The van der Waals surface area contributed by atoms with Crippen LogP contribution in [-0.4, -0.2) is 38.0 Å². The Kier molecular flexibility index (Phi) is 5.00. The molecule has 4 N–H and O–H groups in total. The minimum atomic E-state index is -0.813. The Balaban J connectivity index is 1.93. The molecule has 156 valence electrons. The van der Waals surface area contributed by atoms with E-state index in [0.717, 1.165) is 6.07 Å². The van der Waals surface area contributed by atoms with E-state index >= 15 is 0 Å². The Labute approximate surface area is 176 Å². The lowest BCUT2D eigenvalue weighted by atomic mass is 10.0. The summed E-state index contributed by atoms with van der Waals surface area (Å²) in [6.45, 7) is 0. The standard InChI is InChI=1S/C22H17FN4O4/c1-31-15-8-6-14(7-9-15)27-21(25-26-22(27)20(24)30)17-10-16(18(28)11-19(17)29)12-2-4-13(23)5-3-12/h2-11,28-29H,1H3,(H2,24,30). The van der Waals surface area contributed by atoms with Gasteiger partial charge in [-0.15, -0.1) is 10.2 Å². The molecule has 0 spiro atoms. The van der Waals surface area contributed by atoms with E-state index in [1.165, 1.54) is 42.0 Å². The zero-order valence-electron chi connectivity index (χ0n) is 16.3. The second kappa shape index (κ2) is 7.79. The van der Waals surface area contributed by atoms with Crippen LogP contribution in [0.2, 0.25) is 0 Å². The number of aromatic nitrogens is 3. The lowest BCUT2D eigenvalue weighted by molar-refractivity contribution is 0.0988. The minimum absolute atomic E-state index is 0.125. The number of carbonyl (C=O) groups is 1. The Bertz CT molecular complexity index is 1270. The van der Waals surface area contributed by atoms with Crippen LogP contribution in [0, 0.1) is 5.82 Å². The number of methoxy groups -OCH3 is 1. The fourth-order valence-electron chi connectivity index (χ4n) is 3.21. The van der Waals surface area contributed by atoms with Gasteiger partial charge in [-0.25, -0.2) is 4.39 Å². The molecule has 9 heteroatoms. The van der Waals surface area contributed by atoms with Crippen LogP contribution in [0.1, 0.15) is 10.6 Å². The number of halogens is 1. The topological polar surface area (TPSA) is 123 Å². The molecule has 1 heterocycles. The third-order valence-corrected chi connectivity index (χ3v) is 4.72. The van der Waals surface area contributed by atoms with E-state index in [4.69, 9.17) is 10.5 Å². The van der Waals surface area contributed by atoms with Gasteiger partial charge in [0.05, 0.1) is 12.7 Å². The molecule has 31 heavy (non-hydrogen) atoms. The quantitative estimate of drug-likeness (QED) is 0.455. The summed E-state index contributed by atoms with van der Waals surface area (Å²) in [7, 11) is 1.53. The van der Waals surface area contributed by atoms with E-state index in [2.05, 4.69) is 10.2 Å². The summed E-state index contributed by atoms with van der Waals surface area (Å²) in [6, 6.07) is 14.8. The van der Waals surface area contributed by atoms with Crippen molar-refractivity contribution in [2.45, 2.75) is 0 Å². The molecule has 0 atom stereocenters. The van der Waals surface area contributed by atoms with Gasteiger partial charge in [-0.2, -0.15) is 0 Å². The van der Waals surface area contributed by atoms with Crippen molar-refractivity contribution in [2.24, 2.45) is 5.73 Å². The largest absolute Gasteiger partial charge is 0.507 e. The van der Waals surface area contributed by atoms with E-state index in [1.54, 1.807) is 24.3 Å². The number of primary amides is 1. The normalized spacial score (nSPS) is 10.8. The molecule has 0 bridgehead atoms. The van der Waals surface area contributed by atoms with Crippen LogP contribution in [0.25, 0.3) is 28.2 Å². The third-order valence-electron chi connectivity index (χ3n) is 4.72. The van der Waals surface area contributed by atoms with Crippen molar-refractivity contribution in [3.05, 3.63) is 72.3 Å². The highest BCUT2D eigenvalue weighted by molar-refractivity contribution is 5.91. The lowest BCUT2D eigenvalue weighted by Gasteiger charge is -2.13. The highest BCUT2D eigenvalue weighted by atomic mass is 19.1. The monoisotopic (exact) mass is 420 g/mol. The average molecular weight is 420 g/mol. The molecule has 0 radical (unpaired) electrons. The first-order valence-electron chi connectivity index (χ1n) is 9.11. The molecule has 8 nitrogen and oxygen atoms in total. The molecular formula is C22H17FN4O4. The maximum atomic E-state index is 13.3. The number of carbonyl (C=O) groups excluding carboxylic acids is 1. The van der Waals surface area contributed by atoms with E-state index < -0.39 is 11.7 Å². The molecule has 4 rings (SSSR count). The van der Waals surface area contributed by atoms with Gasteiger partial charge in [0, 0.05) is 17.3 Å². The molecular weight excluding hydrogens is 403 g/mol. The van der Waals surface area contributed by atoms with Gasteiger partial charge >= 0.3 is 0 Å². The van der Waals surface area contributed by atoms with Gasteiger partial charge in [-0.1, -0.05) is 12.1 Å². The number of hydrogen-bond acceptors (Lipinski definition) is 6. The SMILES string of the molecule is COc1ccc(-n2c(C(N)=O)nnc2-c2cc(-c3ccc(F)cc3)c(O)cc2O)cc1. The van der Waals surface area contributed by atoms with Crippen LogP contribution in [0.5, 0.6) is 17.2 Å². The smallest absolute Gasteiger partial charge is 0.287 e. The molecule has 0 saturated heterocycles. The van der Waals surface area contributed by atoms with Crippen molar-refractivity contribution < 1.29 is 24.1 Å². The van der Waals surface area contributed by atoms with Gasteiger partial charge < -0.3 is 20.7 Å². The van der Waals surface area contributed by atoms with E-state index in [9.17, 15) is 19.4 Å². The first-order valence-corrected chi connectivity index (χ1v) is 9.11. The van der Waals surface area contributed by atoms with Gasteiger partial charge in [0.25, 0.3) is 5.91 Å². The number of rotatable bonds is 5. The number of amides is 1. The number of aromatic hydroxyl groups is 2. The summed E-state index contributed by atoms with van der Waals surface area (Å²) in [6.07, 6.45) is 0. The molecule has 0 aliphatic carbocycles. The number of ether oxygens (including phenoxy) is 1. The predicted octanol–water partition coefficient (Wildman–Crippen LogP) is 3.26. The molecule has 3 aromatic carbocycles. The third kappa shape index (κ3) is 3.64. The number of phenols is 2. The number of nitrogens with two attached hydrogens (primary N) is 1. The minimum Gasteiger partial charge on any atom is -0.507 e. The van der Waals surface area contributed by atoms with Gasteiger partial charge in [0.2, 0.25) is 5.82 Å². The lowest BCUT2D eigenvalue weighted by Crippen LogP contribution is -2.17. The predicted molar refractivity (Wildman–Crippen MR) is 111 cm³/mol. The number of hydrogen-bond donors (Lipinski definition) is 3. The second-order valence-corrected chi connectivity index (χ2v) is 6.64. The van der Waals surface area contributed by atoms with Crippen molar-refractivity contribution in [3.63, 3.8) is 0 Å². The maximum Gasteiger partial charge on any atom is 0.287 e. The molecule has 1 amide bonds. The maximum absolute atomic E-state index is 13.3. The molecule has 4 aromatic rings. The fourth-order valence-corrected chi connectivity index (χ4v) is 3.21. The van der Waals surface area contributed by atoms with Gasteiger partial charge in [-0.3, -0.25) is 9.36 Å². The van der Waals surface area contributed by atoms with Crippen molar-refractivity contribution in [1.82, 2.24) is 14.8 Å². The van der Waals surface area contributed by atoms with Crippen molar-refractivity contribution >= 4 is 5.91 Å². The molecule has 0 saturated carbocycles. The number of phenolic OH excluding ortho intramolecular Hbond substituents is 2. The van der Waals surface area contributed by atoms with Crippen LogP contribution in [0.4, 0.5) is 4.39 Å². The zero-order valence-corrected chi connectivity index (χ0v) is 16.3. The fraction of sp³-hybridized carbons (Fsp3) is 0.0455.